The highest BCUT2D eigenvalue weighted by molar-refractivity contribution is 5.88. The highest BCUT2D eigenvalue weighted by Crippen LogP contribution is 2.20. The minimum absolute atomic E-state index is 0.0153. The van der Waals surface area contributed by atoms with E-state index in [0.717, 1.165) is 0 Å². The summed E-state index contributed by atoms with van der Waals surface area (Å²) in [6.45, 7) is 2.42. The number of carbonyl (C=O) groups is 1. The number of rotatable bonds is 6. The first-order valence-electron chi connectivity index (χ1n) is 5.84. The third kappa shape index (κ3) is 4.94. The van der Waals surface area contributed by atoms with Crippen LogP contribution in [0.4, 0.5) is 13.2 Å². The Bertz CT molecular complexity index is 440. The molecule has 0 saturated heterocycles. The van der Waals surface area contributed by atoms with Crippen LogP contribution in [-0.2, 0) is 6.54 Å². The number of alkyl halides is 3. The Kier molecular flexibility index (Phi) is 4.99. The lowest BCUT2D eigenvalue weighted by Crippen LogP contribution is -2.34. The van der Waals surface area contributed by atoms with E-state index in [1.54, 1.807) is 6.92 Å². The largest absolute Gasteiger partial charge is 0.478 e. The lowest BCUT2D eigenvalue weighted by Gasteiger charge is -2.21. The van der Waals surface area contributed by atoms with E-state index in [4.69, 9.17) is 9.52 Å². The van der Waals surface area contributed by atoms with Gasteiger partial charge in [0.2, 0.25) is 0 Å². The summed E-state index contributed by atoms with van der Waals surface area (Å²) in [5.74, 6) is -0.719. The number of carboxylic acids is 1. The van der Waals surface area contributed by atoms with Crippen LogP contribution in [-0.4, -0.2) is 35.2 Å². The van der Waals surface area contributed by atoms with E-state index in [1.165, 1.54) is 17.9 Å². The number of furan rings is 1. The maximum Gasteiger partial charge on any atom is 0.401 e. The van der Waals surface area contributed by atoms with Gasteiger partial charge in [0.05, 0.1) is 13.1 Å². The van der Waals surface area contributed by atoms with Gasteiger partial charge in [-0.2, -0.15) is 13.2 Å². The molecule has 0 fully saturated rings. The van der Waals surface area contributed by atoms with Crippen LogP contribution in [0.2, 0.25) is 0 Å². The number of hydrogen-bond acceptors (Lipinski definition) is 3. The fourth-order valence-corrected chi connectivity index (χ4v) is 1.84. The second-order valence-corrected chi connectivity index (χ2v) is 4.31. The first-order valence-corrected chi connectivity index (χ1v) is 5.84. The highest BCUT2D eigenvalue weighted by atomic mass is 19.4. The van der Waals surface area contributed by atoms with Gasteiger partial charge < -0.3 is 9.52 Å². The third-order valence-corrected chi connectivity index (χ3v) is 2.52. The van der Waals surface area contributed by atoms with Crippen molar-refractivity contribution >= 4 is 5.97 Å². The molecule has 0 aliphatic heterocycles. The Morgan fingerprint density at radius 1 is 1.47 bits per heavy atom. The van der Waals surface area contributed by atoms with Crippen molar-refractivity contribution in [3.8, 4) is 0 Å². The zero-order valence-corrected chi connectivity index (χ0v) is 10.8. The van der Waals surface area contributed by atoms with Crippen LogP contribution in [0.3, 0.4) is 0 Å². The summed E-state index contributed by atoms with van der Waals surface area (Å²) in [6, 6.07) is 1.27. The van der Waals surface area contributed by atoms with E-state index < -0.39 is 18.7 Å². The molecule has 0 radical (unpaired) electrons. The number of hydrogen-bond donors (Lipinski definition) is 1. The van der Waals surface area contributed by atoms with Crippen LogP contribution >= 0.6 is 0 Å². The summed E-state index contributed by atoms with van der Waals surface area (Å²) in [5.41, 5.74) is -0.0153. The van der Waals surface area contributed by atoms with E-state index in [1.807, 2.05) is 0 Å². The standard InChI is InChI=1S/C12H16F3NO3/c1-3-4-16(7-12(13,14)15)6-9-5-10(11(17)18)8(2)19-9/h5H,3-4,6-7H2,1-2H3,(H,17,18). The number of halogens is 3. The van der Waals surface area contributed by atoms with Gasteiger partial charge in [0.1, 0.15) is 17.1 Å². The molecule has 0 aromatic carbocycles. The molecule has 1 N–H and O–H groups in total. The molecular weight excluding hydrogens is 263 g/mol. The van der Waals surface area contributed by atoms with E-state index in [2.05, 4.69) is 0 Å². The Morgan fingerprint density at radius 2 is 2.11 bits per heavy atom. The second-order valence-electron chi connectivity index (χ2n) is 4.31. The minimum Gasteiger partial charge on any atom is -0.478 e. The molecule has 0 bridgehead atoms. The maximum absolute atomic E-state index is 12.4. The molecule has 1 aromatic heterocycles. The minimum atomic E-state index is -4.29. The van der Waals surface area contributed by atoms with Gasteiger partial charge in [0.25, 0.3) is 0 Å². The molecule has 0 unspecified atom stereocenters. The zero-order chi connectivity index (χ0) is 14.6. The average molecular weight is 279 g/mol. The van der Waals surface area contributed by atoms with Crippen LogP contribution in [0, 0.1) is 6.92 Å². The van der Waals surface area contributed by atoms with Gasteiger partial charge in [-0.15, -0.1) is 0 Å². The van der Waals surface area contributed by atoms with Crippen molar-refractivity contribution in [2.45, 2.75) is 33.0 Å². The summed E-state index contributed by atoms with van der Waals surface area (Å²) in [4.78, 5) is 12.0. The lowest BCUT2D eigenvalue weighted by atomic mass is 10.2. The molecule has 0 aliphatic carbocycles. The predicted molar refractivity (Wildman–Crippen MR) is 62.0 cm³/mol. The molecular formula is C12H16F3NO3. The van der Waals surface area contributed by atoms with E-state index in [0.29, 0.717) is 6.42 Å². The third-order valence-electron chi connectivity index (χ3n) is 2.52. The quantitative estimate of drug-likeness (QED) is 0.869. The Hall–Kier alpha value is -1.50. The molecule has 0 atom stereocenters. The number of aryl methyl sites for hydroxylation is 1. The second kappa shape index (κ2) is 6.10. The Balaban J connectivity index is 2.79. The van der Waals surface area contributed by atoms with E-state index in [9.17, 15) is 18.0 Å². The van der Waals surface area contributed by atoms with E-state index in [-0.39, 0.29) is 30.2 Å². The van der Waals surface area contributed by atoms with Crippen LogP contribution in [0.25, 0.3) is 0 Å². The van der Waals surface area contributed by atoms with Crippen molar-refractivity contribution in [2.24, 2.45) is 0 Å². The summed E-state index contributed by atoms with van der Waals surface area (Å²) < 4.78 is 42.3. The first kappa shape index (κ1) is 15.6. The van der Waals surface area contributed by atoms with Crippen molar-refractivity contribution in [2.75, 3.05) is 13.1 Å². The molecule has 0 amide bonds. The topological polar surface area (TPSA) is 53.7 Å². The lowest BCUT2D eigenvalue weighted by molar-refractivity contribution is -0.147. The van der Waals surface area contributed by atoms with Crippen molar-refractivity contribution in [3.63, 3.8) is 0 Å². The van der Waals surface area contributed by atoms with Gasteiger partial charge in [-0.1, -0.05) is 6.92 Å². The number of aromatic carboxylic acids is 1. The van der Waals surface area contributed by atoms with Crippen molar-refractivity contribution in [1.29, 1.82) is 0 Å². The van der Waals surface area contributed by atoms with Gasteiger partial charge in [-0.05, 0) is 26.0 Å². The zero-order valence-electron chi connectivity index (χ0n) is 10.8. The number of nitrogens with zero attached hydrogens (tertiary/aromatic N) is 1. The van der Waals surface area contributed by atoms with Gasteiger partial charge in [-0.25, -0.2) is 4.79 Å². The maximum atomic E-state index is 12.4. The fourth-order valence-electron chi connectivity index (χ4n) is 1.84. The first-order chi connectivity index (χ1) is 8.73. The predicted octanol–water partition coefficient (Wildman–Crippen LogP) is 3.06. The molecule has 1 heterocycles. The normalized spacial score (nSPS) is 12.1. The molecule has 19 heavy (non-hydrogen) atoms. The van der Waals surface area contributed by atoms with E-state index >= 15 is 0 Å². The van der Waals surface area contributed by atoms with Crippen LogP contribution in [0.5, 0.6) is 0 Å². The molecule has 1 rings (SSSR count). The molecule has 4 nitrogen and oxygen atoms in total. The summed E-state index contributed by atoms with van der Waals surface area (Å²) in [6.07, 6.45) is -3.71. The molecule has 108 valence electrons. The van der Waals surface area contributed by atoms with Gasteiger partial charge in [-0.3, -0.25) is 4.90 Å². The van der Waals surface area contributed by atoms with Gasteiger partial charge in [0, 0.05) is 0 Å². The smallest absolute Gasteiger partial charge is 0.401 e. The van der Waals surface area contributed by atoms with Gasteiger partial charge >= 0.3 is 12.1 Å². The highest BCUT2D eigenvalue weighted by Gasteiger charge is 2.31. The Labute approximate surface area is 108 Å². The van der Waals surface area contributed by atoms with Crippen molar-refractivity contribution < 1.29 is 27.5 Å². The molecule has 0 saturated carbocycles. The molecule has 0 aliphatic rings. The monoisotopic (exact) mass is 279 g/mol. The van der Waals surface area contributed by atoms with Crippen molar-refractivity contribution in [3.05, 3.63) is 23.2 Å². The fraction of sp³-hybridized carbons (Fsp3) is 0.583. The van der Waals surface area contributed by atoms with Gasteiger partial charge in [0.15, 0.2) is 0 Å². The average Bonchev–Trinajstić information content (AvgIpc) is 2.57. The summed E-state index contributed by atoms with van der Waals surface area (Å²) in [5, 5.41) is 8.85. The number of carboxylic acid groups (broad SMARTS) is 1. The van der Waals surface area contributed by atoms with Crippen LogP contribution in [0.1, 0.15) is 35.2 Å². The van der Waals surface area contributed by atoms with Crippen molar-refractivity contribution in [1.82, 2.24) is 4.90 Å². The molecule has 7 heteroatoms. The SMILES string of the molecule is CCCN(Cc1cc(C(=O)O)c(C)o1)CC(F)(F)F. The van der Waals surface area contributed by atoms with Crippen LogP contribution in [0.15, 0.2) is 10.5 Å². The van der Waals surface area contributed by atoms with Crippen LogP contribution < -0.4 is 0 Å². The summed E-state index contributed by atoms with van der Waals surface area (Å²) in [7, 11) is 0. The molecule has 0 spiro atoms. The Morgan fingerprint density at radius 3 is 2.53 bits per heavy atom. The summed E-state index contributed by atoms with van der Waals surface area (Å²) >= 11 is 0. The molecule has 1 aromatic rings.